The second kappa shape index (κ2) is 8.78. The van der Waals surface area contributed by atoms with Crippen LogP contribution in [0.3, 0.4) is 0 Å². The fourth-order valence-corrected chi connectivity index (χ4v) is 3.59. The minimum Gasteiger partial charge on any atom is -0.326 e. The van der Waals surface area contributed by atoms with Crippen molar-refractivity contribution in [2.24, 2.45) is 5.73 Å². The predicted molar refractivity (Wildman–Crippen MR) is 90.5 cm³/mol. The molecule has 0 bridgehead atoms. The van der Waals surface area contributed by atoms with Gasteiger partial charge in [-0.25, -0.2) is 0 Å². The molecule has 2 N–H and O–H groups in total. The highest BCUT2D eigenvalue weighted by Crippen LogP contribution is 2.30. The van der Waals surface area contributed by atoms with E-state index in [-0.39, 0.29) is 6.04 Å². The Morgan fingerprint density at radius 1 is 1.15 bits per heavy atom. The maximum Gasteiger partial charge on any atom is 0.0593 e. The second-order valence-corrected chi connectivity index (χ2v) is 7.12. The Labute approximate surface area is 128 Å². The lowest BCUT2D eigenvalue weighted by molar-refractivity contribution is 0.157. The van der Waals surface area contributed by atoms with Crippen molar-refractivity contribution in [3.63, 3.8) is 0 Å². The van der Waals surface area contributed by atoms with Gasteiger partial charge in [0.1, 0.15) is 0 Å². The van der Waals surface area contributed by atoms with Gasteiger partial charge >= 0.3 is 0 Å². The van der Waals surface area contributed by atoms with Crippen LogP contribution in [-0.2, 0) is 0 Å². The molecule has 2 atom stereocenters. The summed E-state index contributed by atoms with van der Waals surface area (Å²) in [4.78, 5) is 7.61. The van der Waals surface area contributed by atoms with Crippen molar-refractivity contribution in [1.29, 1.82) is 0 Å². The molecule has 0 spiro atoms. The van der Waals surface area contributed by atoms with Crippen molar-refractivity contribution in [2.45, 2.75) is 45.7 Å². The number of hydrogen-bond acceptors (Lipinski definition) is 4. The summed E-state index contributed by atoms with van der Waals surface area (Å²) in [5, 5.41) is 0. The molecule has 1 heterocycles. The largest absolute Gasteiger partial charge is 0.326 e. The van der Waals surface area contributed by atoms with Gasteiger partial charge in [-0.3, -0.25) is 4.90 Å². The molecule has 0 aromatic carbocycles. The quantitative estimate of drug-likeness (QED) is 0.760. The number of likely N-dealkylation sites (N-methyl/N-ethyl adjacent to an activating group) is 1. The Balaban J connectivity index is 2.92. The normalized spacial score (nSPS) is 15.0. The fourth-order valence-electron chi connectivity index (χ4n) is 2.50. The monoisotopic (exact) mass is 297 g/mol. The van der Waals surface area contributed by atoms with Gasteiger partial charge in [0.05, 0.1) is 6.04 Å². The number of thiophene rings is 1. The van der Waals surface area contributed by atoms with E-state index in [1.807, 2.05) is 11.3 Å². The first-order valence-corrected chi connectivity index (χ1v) is 8.51. The summed E-state index contributed by atoms with van der Waals surface area (Å²) in [5.74, 6) is 0. The molecule has 1 rings (SSSR count). The van der Waals surface area contributed by atoms with Gasteiger partial charge in [0.2, 0.25) is 0 Å². The molecule has 116 valence electrons. The van der Waals surface area contributed by atoms with Crippen LogP contribution in [-0.4, -0.2) is 49.6 Å². The highest BCUT2D eigenvalue weighted by Gasteiger charge is 2.26. The van der Waals surface area contributed by atoms with E-state index in [9.17, 15) is 0 Å². The molecular formula is C16H31N3S. The van der Waals surface area contributed by atoms with E-state index in [4.69, 9.17) is 5.73 Å². The van der Waals surface area contributed by atoms with E-state index in [1.165, 1.54) is 16.2 Å². The standard InChI is InChI=1S/C16H31N3S/c1-6-10-19(12-11-18(4)5)16(14(17)7-2)15-9-8-13(3)20-15/h8-9,14,16H,6-7,10-12,17H2,1-5H3. The van der Waals surface area contributed by atoms with Gasteiger partial charge in [0, 0.05) is 28.9 Å². The molecule has 0 fully saturated rings. The summed E-state index contributed by atoms with van der Waals surface area (Å²) in [7, 11) is 4.27. The highest BCUT2D eigenvalue weighted by molar-refractivity contribution is 7.12. The van der Waals surface area contributed by atoms with E-state index < -0.39 is 0 Å². The van der Waals surface area contributed by atoms with Crippen LogP contribution >= 0.6 is 11.3 Å². The third-order valence-corrected chi connectivity index (χ3v) is 4.74. The average molecular weight is 298 g/mol. The Morgan fingerprint density at radius 2 is 1.85 bits per heavy atom. The van der Waals surface area contributed by atoms with Crippen molar-refractivity contribution < 1.29 is 0 Å². The molecular weight excluding hydrogens is 266 g/mol. The molecule has 0 saturated heterocycles. The van der Waals surface area contributed by atoms with Crippen molar-refractivity contribution in [2.75, 3.05) is 33.7 Å². The molecule has 1 aromatic heterocycles. The highest BCUT2D eigenvalue weighted by atomic mass is 32.1. The first kappa shape index (κ1) is 17.6. The van der Waals surface area contributed by atoms with Crippen LogP contribution in [0.25, 0.3) is 0 Å². The maximum atomic E-state index is 6.45. The van der Waals surface area contributed by atoms with Crippen molar-refractivity contribution in [3.05, 3.63) is 21.9 Å². The first-order chi connectivity index (χ1) is 9.49. The van der Waals surface area contributed by atoms with Gasteiger partial charge in [-0.15, -0.1) is 11.3 Å². The molecule has 4 heteroatoms. The van der Waals surface area contributed by atoms with Gasteiger partial charge in [0.25, 0.3) is 0 Å². The maximum absolute atomic E-state index is 6.45. The zero-order valence-corrected chi connectivity index (χ0v) is 14.5. The van der Waals surface area contributed by atoms with Gasteiger partial charge < -0.3 is 10.6 Å². The predicted octanol–water partition coefficient (Wildman–Crippen LogP) is 3.11. The van der Waals surface area contributed by atoms with Gasteiger partial charge in [-0.1, -0.05) is 13.8 Å². The van der Waals surface area contributed by atoms with Crippen LogP contribution in [0, 0.1) is 6.92 Å². The summed E-state index contributed by atoms with van der Waals surface area (Å²) in [6.07, 6.45) is 2.19. The van der Waals surface area contributed by atoms with Gasteiger partial charge in [-0.05, 0) is 52.5 Å². The van der Waals surface area contributed by atoms with E-state index in [1.54, 1.807) is 0 Å². The summed E-state index contributed by atoms with van der Waals surface area (Å²) < 4.78 is 0. The van der Waals surface area contributed by atoms with Crippen LogP contribution in [0.1, 0.15) is 42.5 Å². The molecule has 0 aliphatic heterocycles. The molecule has 0 aliphatic rings. The van der Waals surface area contributed by atoms with Crippen LogP contribution < -0.4 is 5.73 Å². The SMILES string of the molecule is CCCN(CCN(C)C)C(c1ccc(C)s1)C(N)CC. The molecule has 0 amide bonds. The lowest BCUT2D eigenvalue weighted by atomic mass is 10.0. The van der Waals surface area contributed by atoms with E-state index >= 15 is 0 Å². The first-order valence-electron chi connectivity index (χ1n) is 7.70. The summed E-state index contributed by atoms with van der Waals surface area (Å²) in [5.41, 5.74) is 6.45. The zero-order chi connectivity index (χ0) is 15.1. The van der Waals surface area contributed by atoms with E-state index in [0.29, 0.717) is 6.04 Å². The number of rotatable bonds is 9. The Morgan fingerprint density at radius 3 is 2.30 bits per heavy atom. The fraction of sp³-hybridized carbons (Fsp3) is 0.750. The average Bonchev–Trinajstić information content (AvgIpc) is 2.82. The second-order valence-electron chi connectivity index (χ2n) is 5.80. The molecule has 3 nitrogen and oxygen atoms in total. The van der Waals surface area contributed by atoms with Crippen molar-refractivity contribution in [3.8, 4) is 0 Å². The molecule has 0 saturated carbocycles. The topological polar surface area (TPSA) is 32.5 Å². The molecule has 20 heavy (non-hydrogen) atoms. The van der Waals surface area contributed by atoms with Crippen LogP contribution in [0.2, 0.25) is 0 Å². The Bertz CT molecular complexity index is 376. The summed E-state index contributed by atoms with van der Waals surface area (Å²) in [6.45, 7) is 9.88. The third-order valence-electron chi connectivity index (χ3n) is 3.67. The molecule has 0 radical (unpaired) electrons. The number of hydrogen-bond donors (Lipinski definition) is 1. The van der Waals surface area contributed by atoms with Crippen molar-refractivity contribution in [1.82, 2.24) is 9.80 Å². The minimum absolute atomic E-state index is 0.210. The molecule has 1 aromatic rings. The number of nitrogens with zero attached hydrogens (tertiary/aromatic N) is 2. The van der Waals surface area contributed by atoms with Crippen LogP contribution in [0.15, 0.2) is 12.1 Å². The van der Waals surface area contributed by atoms with Crippen molar-refractivity contribution >= 4 is 11.3 Å². The van der Waals surface area contributed by atoms with Gasteiger partial charge in [-0.2, -0.15) is 0 Å². The molecule has 0 aliphatic carbocycles. The van der Waals surface area contributed by atoms with Gasteiger partial charge in [0.15, 0.2) is 0 Å². The Kier molecular flexibility index (Phi) is 7.74. The van der Waals surface area contributed by atoms with E-state index in [2.05, 4.69) is 56.8 Å². The van der Waals surface area contributed by atoms with Crippen LogP contribution in [0.4, 0.5) is 0 Å². The number of nitrogens with two attached hydrogens (primary N) is 1. The minimum atomic E-state index is 0.210. The summed E-state index contributed by atoms with van der Waals surface area (Å²) in [6, 6.07) is 5.05. The third kappa shape index (κ3) is 5.17. The smallest absolute Gasteiger partial charge is 0.0593 e. The zero-order valence-electron chi connectivity index (χ0n) is 13.7. The number of aryl methyl sites for hydroxylation is 1. The lowest BCUT2D eigenvalue weighted by Gasteiger charge is -2.35. The van der Waals surface area contributed by atoms with Crippen LogP contribution in [0.5, 0.6) is 0 Å². The lowest BCUT2D eigenvalue weighted by Crippen LogP contribution is -2.43. The Hall–Kier alpha value is -0.420. The molecule has 2 unspecified atom stereocenters. The summed E-state index contributed by atoms with van der Waals surface area (Å²) >= 11 is 1.89. The van der Waals surface area contributed by atoms with E-state index in [0.717, 1.165) is 26.1 Å².